The SMILES string of the molecule is CCC(Br)C(=O)Nc1nnc(-c2ccccc2)o1. The number of hydrogen-bond acceptors (Lipinski definition) is 4. The van der Waals surface area contributed by atoms with Crippen LogP contribution in [-0.4, -0.2) is 20.9 Å². The molecule has 0 aliphatic heterocycles. The van der Waals surface area contributed by atoms with Gasteiger partial charge in [-0.05, 0) is 18.6 Å². The Morgan fingerprint density at radius 3 is 2.78 bits per heavy atom. The molecule has 0 bridgehead atoms. The molecule has 0 spiro atoms. The molecule has 0 aliphatic rings. The molecule has 1 unspecified atom stereocenters. The number of rotatable bonds is 4. The fourth-order valence-electron chi connectivity index (χ4n) is 1.34. The molecule has 2 rings (SSSR count). The molecule has 0 saturated heterocycles. The first kappa shape index (κ1) is 12.8. The minimum atomic E-state index is -0.260. The van der Waals surface area contributed by atoms with Crippen molar-refractivity contribution in [3.8, 4) is 11.5 Å². The quantitative estimate of drug-likeness (QED) is 0.882. The van der Waals surface area contributed by atoms with Crippen molar-refractivity contribution in [3.63, 3.8) is 0 Å². The smallest absolute Gasteiger partial charge is 0.322 e. The van der Waals surface area contributed by atoms with E-state index in [2.05, 4.69) is 31.4 Å². The van der Waals surface area contributed by atoms with Crippen LogP contribution in [0.3, 0.4) is 0 Å². The number of nitrogens with one attached hydrogen (secondary N) is 1. The van der Waals surface area contributed by atoms with Gasteiger partial charge in [0, 0.05) is 5.56 Å². The third-order valence-corrected chi connectivity index (χ3v) is 3.38. The third kappa shape index (κ3) is 2.95. The van der Waals surface area contributed by atoms with Crippen molar-refractivity contribution in [2.24, 2.45) is 0 Å². The highest BCUT2D eigenvalue weighted by molar-refractivity contribution is 9.10. The van der Waals surface area contributed by atoms with Crippen LogP contribution in [0.5, 0.6) is 0 Å². The molecule has 1 amide bonds. The lowest BCUT2D eigenvalue weighted by Crippen LogP contribution is -2.22. The van der Waals surface area contributed by atoms with Crippen LogP contribution in [-0.2, 0) is 4.79 Å². The molecule has 0 fully saturated rings. The maximum atomic E-state index is 11.6. The van der Waals surface area contributed by atoms with Gasteiger partial charge in [0.25, 0.3) is 0 Å². The molecule has 1 N–H and O–H groups in total. The predicted octanol–water partition coefficient (Wildman–Crippen LogP) is 2.85. The second kappa shape index (κ2) is 5.77. The Morgan fingerprint density at radius 2 is 2.11 bits per heavy atom. The van der Waals surface area contributed by atoms with Gasteiger partial charge in [0.1, 0.15) is 0 Å². The van der Waals surface area contributed by atoms with Gasteiger partial charge in [0.05, 0.1) is 4.83 Å². The van der Waals surface area contributed by atoms with Crippen LogP contribution in [0, 0.1) is 0 Å². The summed E-state index contributed by atoms with van der Waals surface area (Å²) in [5.74, 6) is 0.189. The second-order valence-electron chi connectivity index (χ2n) is 3.64. The lowest BCUT2D eigenvalue weighted by molar-refractivity contribution is -0.115. The van der Waals surface area contributed by atoms with Crippen molar-refractivity contribution in [2.45, 2.75) is 18.2 Å². The maximum Gasteiger partial charge on any atom is 0.322 e. The topological polar surface area (TPSA) is 68.0 Å². The highest BCUT2D eigenvalue weighted by Gasteiger charge is 2.16. The molecular weight excluding hydrogens is 298 g/mol. The summed E-state index contributed by atoms with van der Waals surface area (Å²) in [6.45, 7) is 1.90. The van der Waals surface area contributed by atoms with Crippen molar-refractivity contribution in [1.29, 1.82) is 0 Å². The van der Waals surface area contributed by atoms with E-state index >= 15 is 0 Å². The molecule has 94 valence electrons. The van der Waals surface area contributed by atoms with E-state index in [0.717, 1.165) is 5.56 Å². The Morgan fingerprint density at radius 1 is 1.39 bits per heavy atom. The number of benzene rings is 1. The van der Waals surface area contributed by atoms with Gasteiger partial charge in [-0.3, -0.25) is 10.1 Å². The van der Waals surface area contributed by atoms with Gasteiger partial charge in [0.15, 0.2) is 0 Å². The first-order valence-corrected chi connectivity index (χ1v) is 6.46. The van der Waals surface area contributed by atoms with Crippen LogP contribution in [0.4, 0.5) is 6.01 Å². The number of alkyl halides is 1. The number of carbonyl (C=O) groups excluding carboxylic acids is 1. The molecule has 1 heterocycles. The van der Waals surface area contributed by atoms with Crippen LogP contribution >= 0.6 is 15.9 Å². The summed E-state index contributed by atoms with van der Waals surface area (Å²) in [5, 5.41) is 10.2. The summed E-state index contributed by atoms with van der Waals surface area (Å²) in [7, 11) is 0. The van der Waals surface area contributed by atoms with Crippen LogP contribution in [0.2, 0.25) is 0 Å². The third-order valence-electron chi connectivity index (χ3n) is 2.32. The molecule has 6 heteroatoms. The summed E-state index contributed by atoms with van der Waals surface area (Å²) in [4.78, 5) is 11.3. The fraction of sp³-hybridized carbons (Fsp3) is 0.250. The molecular formula is C12H12BrN3O2. The largest absolute Gasteiger partial charge is 0.403 e. The number of anilines is 1. The molecule has 1 aromatic carbocycles. The van der Waals surface area contributed by atoms with Crippen LogP contribution < -0.4 is 5.32 Å². The molecule has 0 radical (unpaired) electrons. The predicted molar refractivity (Wildman–Crippen MR) is 71.4 cm³/mol. The van der Waals surface area contributed by atoms with E-state index in [1.54, 1.807) is 0 Å². The van der Waals surface area contributed by atoms with E-state index in [1.165, 1.54) is 0 Å². The van der Waals surface area contributed by atoms with Crippen LogP contribution in [0.15, 0.2) is 34.7 Å². The minimum absolute atomic E-state index is 0.108. The van der Waals surface area contributed by atoms with Gasteiger partial charge < -0.3 is 4.42 Å². The number of amides is 1. The normalized spacial score (nSPS) is 12.1. The van der Waals surface area contributed by atoms with Crippen molar-refractivity contribution in [1.82, 2.24) is 10.2 Å². The molecule has 1 atom stereocenters. The summed E-state index contributed by atoms with van der Waals surface area (Å²) in [6.07, 6.45) is 0.686. The van der Waals surface area contributed by atoms with Crippen molar-refractivity contribution in [2.75, 3.05) is 5.32 Å². The Kier molecular flexibility index (Phi) is 4.09. The molecule has 0 saturated carbocycles. The van der Waals surface area contributed by atoms with Gasteiger partial charge >= 0.3 is 6.01 Å². The zero-order valence-corrected chi connectivity index (χ0v) is 11.3. The Labute approximate surface area is 113 Å². The highest BCUT2D eigenvalue weighted by Crippen LogP contribution is 2.19. The minimum Gasteiger partial charge on any atom is -0.403 e. The first-order valence-electron chi connectivity index (χ1n) is 5.54. The standard InChI is InChI=1S/C12H12BrN3O2/c1-2-9(13)10(17)14-12-16-15-11(18-12)8-6-4-3-5-7-8/h3-7,9H,2H2,1H3,(H,14,16,17). The number of nitrogens with zero attached hydrogens (tertiary/aromatic N) is 2. The number of carbonyl (C=O) groups is 1. The molecule has 0 aliphatic carbocycles. The lowest BCUT2D eigenvalue weighted by Gasteiger charge is -2.03. The fourth-order valence-corrected chi connectivity index (χ4v) is 1.45. The van der Waals surface area contributed by atoms with Crippen molar-refractivity contribution >= 4 is 27.9 Å². The highest BCUT2D eigenvalue weighted by atomic mass is 79.9. The van der Waals surface area contributed by atoms with E-state index in [4.69, 9.17) is 4.42 Å². The van der Waals surface area contributed by atoms with Gasteiger partial charge in [-0.25, -0.2) is 0 Å². The van der Waals surface area contributed by atoms with E-state index in [9.17, 15) is 4.79 Å². The van der Waals surface area contributed by atoms with Gasteiger partial charge in [-0.15, -0.1) is 5.10 Å². The van der Waals surface area contributed by atoms with Gasteiger partial charge in [0.2, 0.25) is 11.8 Å². The molecule has 18 heavy (non-hydrogen) atoms. The Balaban J connectivity index is 2.10. The van der Waals surface area contributed by atoms with Crippen LogP contribution in [0.25, 0.3) is 11.5 Å². The molecule has 1 aromatic heterocycles. The van der Waals surface area contributed by atoms with E-state index in [0.29, 0.717) is 12.3 Å². The van der Waals surface area contributed by atoms with Crippen molar-refractivity contribution in [3.05, 3.63) is 30.3 Å². The average Bonchev–Trinajstić information content (AvgIpc) is 2.87. The van der Waals surface area contributed by atoms with Crippen molar-refractivity contribution < 1.29 is 9.21 Å². The second-order valence-corrected chi connectivity index (χ2v) is 4.75. The van der Waals surface area contributed by atoms with E-state index < -0.39 is 0 Å². The zero-order valence-electron chi connectivity index (χ0n) is 9.76. The van der Waals surface area contributed by atoms with E-state index in [1.807, 2.05) is 37.3 Å². The first-order chi connectivity index (χ1) is 8.70. The number of aromatic nitrogens is 2. The monoisotopic (exact) mass is 309 g/mol. The summed E-state index contributed by atoms with van der Waals surface area (Å²) >= 11 is 3.25. The number of halogens is 1. The Hall–Kier alpha value is -1.69. The zero-order chi connectivity index (χ0) is 13.0. The molecule has 5 nitrogen and oxygen atoms in total. The average molecular weight is 310 g/mol. The maximum absolute atomic E-state index is 11.6. The summed E-state index contributed by atoms with van der Waals surface area (Å²) in [5.41, 5.74) is 0.816. The summed E-state index contributed by atoms with van der Waals surface area (Å²) < 4.78 is 5.36. The Bertz CT molecular complexity index is 527. The molecule has 2 aromatic rings. The van der Waals surface area contributed by atoms with Crippen LogP contribution in [0.1, 0.15) is 13.3 Å². The number of hydrogen-bond donors (Lipinski definition) is 1. The lowest BCUT2D eigenvalue weighted by atomic mass is 10.2. The van der Waals surface area contributed by atoms with Gasteiger partial charge in [-0.2, -0.15) is 0 Å². The summed E-state index contributed by atoms with van der Waals surface area (Å²) in [6, 6.07) is 9.49. The van der Waals surface area contributed by atoms with E-state index in [-0.39, 0.29) is 16.7 Å². The van der Waals surface area contributed by atoms with Gasteiger partial charge in [-0.1, -0.05) is 46.2 Å².